The predicted molar refractivity (Wildman–Crippen MR) is 119 cm³/mol. The van der Waals surface area contributed by atoms with Gasteiger partial charge in [-0.3, -0.25) is 4.79 Å². The van der Waals surface area contributed by atoms with Gasteiger partial charge in [0, 0.05) is 56.9 Å². The summed E-state index contributed by atoms with van der Waals surface area (Å²) in [4.78, 5) is 29.8. The first-order valence-corrected chi connectivity index (χ1v) is 11.1. The third-order valence-electron chi connectivity index (χ3n) is 5.54. The van der Waals surface area contributed by atoms with E-state index in [4.69, 9.17) is 9.26 Å². The number of rotatable bonds is 9. The molecule has 2 aromatic heterocycles. The van der Waals surface area contributed by atoms with Gasteiger partial charge in [0.05, 0.1) is 6.54 Å². The third-order valence-corrected chi connectivity index (χ3v) is 5.54. The van der Waals surface area contributed by atoms with Gasteiger partial charge in [0.2, 0.25) is 17.6 Å². The molecule has 168 valence electrons. The monoisotopic (exact) mass is 436 g/mol. The number of likely N-dealkylation sites (tertiary alicyclic amines) is 1. The van der Waals surface area contributed by atoms with Gasteiger partial charge < -0.3 is 19.1 Å². The highest BCUT2D eigenvalue weighted by molar-refractivity contribution is 5.76. The van der Waals surface area contributed by atoms with Crippen LogP contribution in [-0.4, -0.2) is 63.2 Å². The lowest BCUT2D eigenvalue weighted by molar-refractivity contribution is -0.130. The molecule has 0 aliphatic carbocycles. The van der Waals surface area contributed by atoms with E-state index >= 15 is 0 Å². The van der Waals surface area contributed by atoms with Crippen molar-refractivity contribution in [1.82, 2.24) is 25.0 Å². The normalized spacial score (nSPS) is 15.7. The molecule has 0 bridgehead atoms. The molecule has 0 saturated carbocycles. The summed E-state index contributed by atoms with van der Waals surface area (Å²) in [5.41, 5.74) is 0.890. The molecule has 1 aliphatic rings. The molecule has 0 spiro atoms. The Morgan fingerprint density at radius 3 is 2.75 bits per heavy atom. The number of amides is 1. The summed E-state index contributed by atoms with van der Waals surface area (Å²) >= 11 is 0. The Hall–Kier alpha value is -3.49. The molecule has 9 heteroatoms. The Morgan fingerprint density at radius 2 is 1.97 bits per heavy atom. The number of carbonyl (C=O) groups is 1. The van der Waals surface area contributed by atoms with Crippen molar-refractivity contribution in [2.24, 2.45) is 0 Å². The fourth-order valence-corrected chi connectivity index (χ4v) is 3.78. The maximum Gasteiger partial charge on any atom is 0.257 e. The summed E-state index contributed by atoms with van der Waals surface area (Å²) in [6, 6.07) is 9.63. The Morgan fingerprint density at radius 1 is 1.19 bits per heavy atom. The van der Waals surface area contributed by atoms with Gasteiger partial charge in [-0.15, -0.1) is 0 Å². The van der Waals surface area contributed by atoms with Crippen LogP contribution < -0.4 is 9.64 Å². The van der Waals surface area contributed by atoms with Gasteiger partial charge in [-0.1, -0.05) is 35.5 Å². The van der Waals surface area contributed by atoms with Gasteiger partial charge in [0.25, 0.3) is 5.88 Å². The highest BCUT2D eigenvalue weighted by Gasteiger charge is 2.29. The quantitative estimate of drug-likeness (QED) is 0.505. The Balaban J connectivity index is 1.30. The largest absolute Gasteiger partial charge is 0.470 e. The minimum atomic E-state index is -0.0990. The summed E-state index contributed by atoms with van der Waals surface area (Å²) in [5, 5.41) is 4.01. The second kappa shape index (κ2) is 10.2. The van der Waals surface area contributed by atoms with E-state index in [1.54, 1.807) is 12.4 Å². The molecule has 0 radical (unpaired) electrons. The number of benzene rings is 1. The number of hydrogen-bond donors (Lipinski definition) is 0. The zero-order chi connectivity index (χ0) is 22.3. The van der Waals surface area contributed by atoms with E-state index in [9.17, 15) is 4.79 Å². The van der Waals surface area contributed by atoms with Crippen molar-refractivity contribution < 1.29 is 14.1 Å². The zero-order valence-corrected chi connectivity index (χ0v) is 18.5. The summed E-state index contributed by atoms with van der Waals surface area (Å²) in [6.45, 7) is 6.98. The molecule has 1 saturated heterocycles. The summed E-state index contributed by atoms with van der Waals surface area (Å²) in [5.74, 6) is 2.32. The number of nitrogens with zero attached hydrogens (tertiary/aromatic N) is 6. The lowest BCUT2D eigenvalue weighted by Crippen LogP contribution is -2.31. The van der Waals surface area contributed by atoms with Gasteiger partial charge >= 0.3 is 0 Å². The molecule has 4 rings (SSSR count). The van der Waals surface area contributed by atoms with Gasteiger partial charge in [-0.2, -0.15) is 4.98 Å². The van der Waals surface area contributed by atoms with Crippen molar-refractivity contribution in [3.8, 4) is 17.3 Å². The topological polar surface area (TPSA) is 97.5 Å². The van der Waals surface area contributed by atoms with Crippen LogP contribution >= 0.6 is 0 Å². The Kier molecular flexibility index (Phi) is 6.94. The maximum atomic E-state index is 12.7. The first kappa shape index (κ1) is 21.7. The van der Waals surface area contributed by atoms with Crippen molar-refractivity contribution in [2.75, 3.05) is 31.1 Å². The van der Waals surface area contributed by atoms with Crippen LogP contribution in [0.15, 0.2) is 47.2 Å². The van der Waals surface area contributed by atoms with Crippen LogP contribution in [0, 0.1) is 0 Å². The van der Waals surface area contributed by atoms with Crippen LogP contribution in [0.3, 0.4) is 0 Å². The van der Waals surface area contributed by atoms with E-state index in [1.165, 1.54) is 0 Å². The molecular formula is C23H28N6O3. The van der Waals surface area contributed by atoms with Crippen LogP contribution in [-0.2, 0) is 11.2 Å². The first-order chi connectivity index (χ1) is 15.7. The fourth-order valence-electron chi connectivity index (χ4n) is 3.78. The van der Waals surface area contributed by atoms with Crippen LogP contribution in [0.5, 0.6) is 5.88 Å². The van der Waals surface area contributed by atoms with E-state index < -0.39 is 0 Å². The van der Waals surface area contributed by atoms with Gasteiger partial charge in [0.1, 0.15) is 6.10 Å². The molecule has 1 aromatic carbocycles. The molecule has 1 unspecified atom stereocenters. The number of hydrogen-bond acceptors (Lipinski definition) is 8. The average molecular weight is 437 g/mol. The van der Waals surface area contributed by atoms with Crippen molar-refractivity contribution >= 4 is 11.7 Å². The van der Waals surface area contributed by atoms with Gasteiger partial charge in [0.15, 0.2) is 5.82 Å². The lowest BCUT2D eigenvalue weighted by atomic mass is 10.2. The summed E-state index contributed by atoms with van der Waals surface area (Å²) in [6.07, 6.45) is 4.70. The van der Waals surface area contributed by atoms with Crippen molar-refractivity contribution in [3.05, 3.63) is 48.6 Å². The minimum absolute atomic E-state index is 0.0543. The molecule has 32 heavy (non-hydrogen) atoms. The minimum Gasteiger partial charge on any atom is -0.470 e. The summed E-state index contributed by atoms with van der Waals surface area (Å²) < 4.78 is 11.4. The van der Waals surface area contributed by atoms with Crippen molar-refractivity contribution in [1.29, 1.82) is 0 Å². The third kappa shape index (κ3) is 5.04. The molecule has 0 N–H and O–H groups in total. The summed E-state index contributed by atoms with van der Waals surface area (Å²) in [7, 11) is 0. The highest BCUT2D eigenvalue weighted by Crippen LogP contribution is 2.26. The molecule has 9 nitrogen and oxygen atoms in total. The number of anilines is 1. The van der Waals surface area contributed by atoms with Crippen LogP contribution in [0.25, 0.3) is 11.4 Å². The van der Waals surface area contributed by atoms with Crippen LogP contribution in [0.4, 0.5) is 5.82 Å². The van der Waals surface area contributed by atoms with E-state index in [0.29, 0.717) is 43.5 Å². The molecule has 1 fully saturated rings. The first-order valence-electron chi connectivity index (χ1n) is 11.1. The standard InChI is InChI=1S/C23H28N6O3/c1-3-28(4-2)22-23(25-14-13-24-22)31-18-12-15-29(16-18)20(30)11-10-19-26-21(27-32-19)17-8-6-5-7-9-17/h5-9,13-14,18H,3-4,10-12,15-16H2,1-2H3. The highest BCUT2D eigenvalue weighted by atomic mass is 16.5. The second-order valence-corrected chi connectivity index (χ2v) is 7.60. The number of aryl methyl sites for hydroxylation is 1. The number of ether oxygens (including phenoxy) is 1. The number of aromatic nitrogens is 4. The Bertz CT molecular complexity index is 1020. The van der Waals surface area contributed by atoms with E-state index in [2.05, 4.69) is 38.9 Å². The molecular weight excluding hydrogens is 408 g/mol. The molecule has 1 atom stereocenters. The Labute approximate surface area is 187 Å². The smallest absolute Gasteiger partial charge is 0.257 e. The fraction of sp³-hybridized carbons (Fsp3) is 0.435. The predicted octanol–water partition coefficient (Wildman–Crippen LogP) is 2.99. The zero-order valence-electron chi connectivity index (χ0n) is 18.5. The molecule has 3 heterocycles. The molecule has 1 amide bonds. The molecule has 3 aromatic rings. The van der Waals surface area contributed by atoms with E-state index in [1.807, 2.05) is 35.2 Å². The SMILES string of the molecule is CCN(CC)c1nccnc1OC1CCN(C(=O)CCc2nc(-c3ccccc3)no2)C1. The van der Waals surface area contributed by atoms with Crippen LogP contribution in [0.1, 0.15) is 32.6 Å². The van der Waals surface area contributed by atoms with Crippen molar-refractivity contribution in [3.63, 3.8) is 0 Å². The van der Waals surface area contributed by atoms with Crippen LogP contribution in [0.2, 0.25) is 0 Å². The molecule has 1 aliphatic heterocycles. The van der Waals surface area contributed by atoms with Crippen molar-refractivity contribution in [2.45, 2.75) is 39.2 Å². The second-order valence-electron chi connectivity index (χ2n) is 7.60. The average Bonchev–Trinajstić information content (AvgIpc) is 3.50. The number of carbonyl (C=O) groups excluding carboxylic acids is 1. The van der Waals surface area contributed by atoms with Gasteiger partial charge in [-0.25, -0.2) is 9.97 Å². The van der Waals surface area contributed by atoms with E-state index in [-0.39, 0.29) is 12.0 Å². The lowest BCUT2D eigenvalue weighted by Gasteiger charge is -2.23. The van der Waals surface area contributed by atoms with E-state index in [0.717, 1.165) is 30.9 Å². The maximum absolute atomic E-state index is 12.7. The van der Waals surface area contributed by atoms with Gasteiger partial charge in [-0.05, 0) is 13.8 Å².